The van der Waals surface area contributed by atoms with Gasteiger partial charge in [0.15, 0.2) is 0 Å². The second-order valence-electron chi connectivity index (χ2n) is 1.93. The molecule has 1 rings (SSSR count). The van der Waals surface area contributed by atoms with E-state index in [0.717, 1.165) is 4.47 Å². The van der Waals surface area contributed by atoms with E-state index in [1.54, 1.807) is 12.1 Å². The van der Waals surface area contributed by atoms with E-state index in [1.165, 1.54) is 0 Å². The fourth-order valence-electron chi connectivity index (χ4n) is 0.684. The number of rotatable bonds is 1. The van der Waals surface area contributed by atoms with Crippen LogP contribution in [-0.2, 0) is 0 Å². The minimum absolute atomic E-state index is 0.147. The first-order chi connectivity index (χ1) is 5.24. The molecule has 2 nitrogen and oxygen atoms in total. The zero-order valence-electron chi connectivity index (χ0n) is 5.47. The van der Waals surface area contributed by atoms with Gasteiger partial charge < -0.3 is 0 Å². The number of amides is 1. The van der Waals surface area contributed by atoms with Crippen LogP contribution in [0.1, 0.15) is 10.4 Å². The molecule has 11 heavy (non-hydrogen) atoms. The number of benzene rings is 1. The maximum absolute atomic E-state index is 11.0. The summed E-state index contributed by atoms with van der Waals surface area (Å²) >= 11 is 6.13. The Morgan fingerprint density at radius 3 is 2.73 bits per heavy atom. The largest absolute Gasteiger partial charge is 0.289 e. The molecule has 0 bridgehead atoms. The summed E-state index contributed by atoms with van der Waals surface area (Å²) in [5.74, 6) is -0.147. The van der Waals surface area contributed by atoms with Crippen molar-refractivity contribution in [2.75, 3.05) is 0 Å². The van der Waals surface area contributed by atoms with Crippen LogP contribution in [0.5, 0.6) is 0 Å². The Labute approximate surface area is 81.5 Å². The maximum Gasteiger partial charge on any atom is 0.261 e. The van der Waals surface area contributed by atoms with Crippen LogP contribution in [0.15, 0.2) is 28.7 Å². The Balaban J connectivity index is 2.96. The zero-order valence-corrected chi connectivity index (χ0v) is 8.65. The molecule has 0 saturated heterocycles. The van der Waals surface area contributed by atoms with Gasteiger partial charge in [0.2, 0.25) is 0 Å². The summed E-state index contributed by atoms with van der Waals surface area (Å²) in [7, 11) is 0. The molecule has 0 radical (unpaired) electrons. The first-order valence-electron chi connectivity index (χ1n) is 2.90. The highest BCUT2D eigenvalue weighted by Crippen LogP contribution is 2.11. The van der Waals surface area contributed by atoms with E-state index in [2.05, 4.69) is 36.4 Å². The second kappa shape index (κ2) is 3.88. The Bertz CT molecular complexity index is 275. The number of halogens is 2. The molecule has 1 aromatic rings. The van der Waals surface area contributed by atoms with E-state index in [4.69, 9.17) is 0 Å². The molecule has 0 fully saturated rings. The van der Waals surface area contributed by atoms with Crippen LogP contribution in [0.3, 0.4) is 0 Å². The van der Waals surface area contributed by atoms with Crippen molar-refractivity contribution in [1.82, 2.24) is 4.34 Å². The van der Waals surface area contributed by atoms with Gasteiger partial charge in [0, 0.05) is 26.2 Å². The summed E-state index contributed by atoms with van der Waals surface area (Å²) in [6, 6.07) is 7.16. The molecular formula is C7H5Br2NO. The van der Waals surface area contributed by atoms with Crippen LogP contribution < -0.4 is 4.34 Å². The van der Waals surface area contributed by atoms with Gasteiger partial charge in [-0.05, 0) is 18.2 Å². The van der Waals surface area contributed by atoms with Crippen LogP contribution in [0, 0.1) is 0 Å². The van der Waals surface area contributed by atoms with Gasteiger partial charge in [-0.1, -0.05) is 22.0 Å². The van der Waals surface area contributed by atoms with Crippen LogP contribution in [0.25, 0.3) is 0 Å². The van der Waals surface area contributed by atoms with Crippen molar-refractivity contribution in [3.63, 3.8) is 0 Å². The van der Waals surface area contributed by atoms with Gasteiger partial charge in [-0.3, -0.25) is 9.14 Å². The van der Waals surface area contributed by atoms with Gasteiger partial charge in [-0.15, -0.1) is 0 Å². The van der Waals surface area contributed by atoms with Crippen molar-refractivity contribution in [3.8, 4) is 0 Å². The third kappa shape index (κ3) is 2.31. The van der Waals surface area contributed by atoms with Crippen molar-refractivity contribution in [2.45, 2.75) is 0 Å². The third-order valence-electron chi connectivity index (χ3n) is 1.17. The fourth-order valence-corrected chi connectivity index (χ4v) is 1.31. The molecular weight excluding hydrogens is 274 g/mol. The van der Waals surface area contributed by atoms with E-state index in [1.807, 2.05) is 12.1 Å². The lowest BCUT2D eigenvalue weighted by atomic mass is 10.2. The van der Waals surface area contributed by atoms with Gasteiger partial charge in [0.25, 0.3) is 5.91 Å². The third-order valence-corrected chi connectivity index (χ3v) is 2.03. The highest BCUT2D eigenvalue weighted by molar-refractivity contribution is 9.10. The van der Waals surface area contributed by atoms with Crippen molar-refractivity contribution in [2.24, 2.45) is 0 Å². The molecule has 1 aromatic carbocycles. The molecule has 58 valence electrons. The number of hydrogen-bond acceptors (Lipinski definition) is 1. The molecule has 1 N–H and O–H groups in total. The van der Waals surface area contributed by atoms with Gasteiger partial charge in [-0.2, -0.15) is 0 Å². The van der Waals surface area contributed by atoms with E-state index >= 15 is 0 Å². The van der Waals surface area contributed by atoms with E-state index in [9.17, 15) is 4.79 Å². The second-order valence-corrected chi connectivity index (χ2v) is 3.25. The molecule has 0 unspecified atom stereocenters. The molecule has 0 aliphatic heterocycles. The number of carbonyl (C=O) groups is 1. The summed E-state index contributed by atoms with van der Waals surface area (Å²) in [5.41, 5.74) is 0.622. The molecule has 1 amide bonds. The van der Waals surface area contributed by atoms with Crippen molar-refractivity contribution < 1.29 is 4.79 Å². The normalized spacial score (nSPS) is 9.27. The van der Waals surface area contributed by atoms with Crippen LogP contribution >= 0.6 is 32.1 Å². The van der Waals surface area contributed by atoms with Gasteiger partial charge >= 0.3 is 0 Å². The standard InChI is InChI=1S/C7H5Br2NO/c8-6-3-1-2-5(4-6)7(11)10-9/h1-4H,(H,10,11). The Morgan fingerprint density at radius 1 is 1.45 bits per heavy atom. The lowest BCUT2D eigenvalue weighted by Gasteiger charge is -1.97. The predicted molar refractivity (Wildman–Crippen MR) is 50.5 cm³/mol. The maximum atomic E-state index is 11.0. The van der Waals surface area contributed by atoms with Crippen LogP contribution in [-0.4, -0.2) is 5.91 Å². The highest BCUT2D eigenvalue weighted by atomic mass is 79.9. The van der Waals surface area contributed by atoms with Gasteiger partial charge in [0.05, 0.1) is 0 Å². The van der Waals surface area contributed by atoms with E-state index in [-0.39, 0.29) is 5.91 Å². The van der Waals surface area contributed by atoms with Crippen LogP contribution in [0.4, 0.5) is 0 Å². The Morgan fingerprint density at radius 2 is 2.18 bits per heavy atom. The molecule has 0 saturated carbocycles. The highest BCUT2D eigenvalue weighted by Gasteiger charge is 2.01. The summed E-state index contributed by atoms with van der Waals surface area (Å²) in [6.45, 7) is 0. The van der Waals surface area contributed by atoms with Crippen molar-refractivity contribution in [1.29, 1.82) is 0 Å². The zero-order chi connectivity index (χ0) is 8.27. The molecule has 0 aromatic heterocycles. The fraction of sp³-hybridized carbons (Fsp3) is 0. The average Bonchev–Trinajstić information content (AvgIpc) is 2.03. The van der Waals surface area contributed by atoms with Crippen LogP contribution in [0.2, 0.25) is 0 Å². The predicted octanol–water partition coefficient (Wildman–Crippen LogP) is 2.49. The van der Waals surface area contributed by atoms with Crippen molar-refractivity contribution in [3.05, 3.63) is 34.3 Å². The molecule has 0 aliphatic carbocycles. The average molecular weight is 279 g/mol. The minimum atomic E-state index is -0.147. The lowest BCUT2D eigenvalue weighted by molar-refractivity contribution is 0.0986. The smallest absolute Gasteiger partial charge is 0.261 e. The molecule has 0 spiro atoms. The quantitative estimate of drug-likeness (QED) is 0.786. The molecule has 0 aliphatic rings. The van der Waals surface area contributed by atoms with Gasteiger partial charge in [-0.25, -0.2) is 0 Å². The minimum Gasteiger partial charge on any atom is -0.289 e. The van der Waals surface area contributed by atoms with E-state index in [0.29, 0.717) is 5.56 Å². The lowest BCUT2D eigenvalue weighted by Crippen LogP contribution is -2.11. The number of hydrogen-bond donors (Lipinski definition) is 1. The first-order valence-corrected chi connectivity index (χ1v) is 4.49. The summed E-state index contributed by atoms with van der Waals surface area (Å²) < 4.78 is 3.26. The molecule has 0 atom stereocenters. The van der Waals surface area contributed by atoms with Gasteiger partial charge in [0.1, 0.15) is 0 Å². The number of carbonyl (C=O) groups excluding carboxylic acids is 1. The summed E-state index contributed by atoms with van der Waals surface area (Å²) in [6.07, 6.45) is 0. The SMILES string of the molecule is O=C(NBr)c1cccc(Br)c1. The monoisotopic (exact) mass is 277 g/mol. The summed E-state index contributed by atoms with van der Waals surface area (Å²) in [4.78, 5) is 11.0. The Kier molecular flexibility index (Phi) is 3.08. The molecule has 4 heteroatoms. The first kappa shape index (κ1) is 8.74. The summed E-state index contributed by atoms with van der Waals surface area (Å²) in [5, 5.41) is 0. The molecule has 0 heterocycles. The Hall–Kier alpha value is -0.350. The van der Waals surface area contributed by atoms with Crippen molar-refractivity contribution >= 4 is 38.0 Å². The topological polar surface area (TPSA) is 29.1 Å². The number of nitrogens with one attached hydrogen (secondary N) is 1. The van der Waals surface area contributed by atoms with E-state index < -0.39 is 0 Å².